The molecule has 0 spiro atoms. The first-order valence-electron chi connectivity index (χ1n) is 7.98. The van der Waals surface area contributed by atoms with Gasteiger partial charge in [-0.1, -0.05) is 39.8 Å². The van der Waals surface area contributed by atoms with Crippen LogP contribution < -0.4 is 0 Å². The summed E-state index contributed by atoms with van der Waals surface area (Å²) in [5.41, 5.74) is 3.18. The maximum absolute atomic E-state index is 4.93. The Hall–Kier alpha value is 1.68. The molecule has 4 heteroatoms. The molecule has 22 heavy (non-hydrogen) atoms. The molecule has 0 aromatic carbocycles. The molecule has 2 fully saturated rings. The summed E-state index contributed by atoms with van der Waals surface area (Å²) in [6, 6.07) is 0. The molecule has 0 unspecified atom stereocenters. The Bertz CT molecular complexity index is 273. The second-order valence-electron chi connectivity index (χ2n) is 6.21. The Balaban J connectivity index is 0.000000745. The minimum absolute atomic E-state index is 0.826. The monoisotopic (exact) mass is 430 g/mol. The van der Waals surface area contributed by atoms with E-state index in [2.05, 4.69) is 65.5 Å². The summed E-state index contributed by atoms with van der Waals surface area (Å²) in [7, 11) is 8.40. The second kappa shape index (κ2) is 11.3. The molecule has 0 aromatic heterocycles. The Morgan fingerprint density at radius 2 is 1.18 bits per heavy atom. The molecule has 0 bridgehead atoms. The third kappa shape index (κ3) is 6.53. The molecule has 2 rings (SSSR count). The molecule has 0 saturated heterocycles. The third-order valence-electron chi connectivity index (χ3n) is 4.16. The summed E-state index contributed by atoms with van der Waals surface area (Å²) in [4.78, 5) is 0. The zero-order valence-electron chi connectivity index (χ0n) is 14.0. The van der Waals surface area contributed by atoms with Gasteiger partial charge in [0.2, 0.25) is 0 Å². The number of halogens is 2. The van der Waals surface area contributed by atoms with Gasteiger partial charge in [0.25, 0.3) is 0 Å². The molecule has 0 N–H and O–H groups in total. The van der Waals surface area contributed by atoms with Crippen LogP contribution in [0.25, 0.3) is 0 Å². The van der Waals surface area contributed by atoms with E-state index in [0.717, 1.165) is 0 Å². The van der Waals surface area contributed by atoms with Crippen molar-refractivity contribution in [1.29, 1.82) is 0 Å². The van der Waals surface area contributed by atoms with Crippen molar-refractivity contribution in [2.45, 2.75) is 52.6 Å². The number of hydrogen-bond donors (Lipinski definition) is 0. The Morgan fingerprint density at radius 3 is 1.50 bits per heavy atom. The van der Waals surface area contributed by atoms with Crippen LogP contribution in [-0.2, 0) is 20.8 Å². The third-order valence-corrected chi connectivity index (χ3v) is 7.67. The van der Waals surface area contributed by atoms with Crippen LogP contribution in [0.3, 0.4) is 0 Å². The molecule has 0 atom stereocenters. The summed E-state index contributed by atoms with van der Waals surface area (Å²) >= 11 is -0.826. The van der Waals surface area contributed by atoms with Gasteiger partial charge in [0.1, 0.15) is 0 Å². The van der Waals surface area contributed by atoms with E-state index in [4.69, 9.17) is 17.0 Å². The molecule has 120 valence electrons. The van der Waals surface area contributed by atoms with Crippen LogP contribution in [0.1, 0.15) is 39.5 Å². The zero-order chi connectivity index (χ0) is 16.6. The first-order chi connectivity index (χ1) is 10.5. The van der Waals surface area contributed by atoms with Crippen LogP contribution in [0.2, 0.25) is 13.1 Å². The molecule has 0 aromatic rings. The fourth-order valence-electron chi connectivity index (χ4n) is 2.82. The van der Waals surface area contributed by atoms with E-state index in [9.17, 15) is 0 Å². The van der Waals surface area contributed by atoms with Crippen molar-refractivity contribution < 1.29 is 20.8 Å². The van der Waals surface area contributed by atoms with Gasteiger partial charge in [-0.3, -0.25) is 0 Å². The molecule has 0 heterocycles. The fraction of sp³-hybridized carbons (Fsp3) is 0.444. The summed E-state index contributed by atoms with van der Waals surface area (Å²) in [5, 5.41) is 0. The Morgan fingerprint density at radius 1 is 0.818 bits per heavy atom. The molecule has 0 amide bonds. The maximum atomic E-state index is 4.93. The van der Waals surface area contributed by atoms with Gasteiger partial charge in [-0.15, -0.1) is 0 Å². The number of hydrogen-bond acceptors (Lipinski definition) is 0. The van der Waals surface area contributed by atoms with Crippen molar-refractivity contribution in [3.63, 3.8) is 0 Å². The summed E-state index contributed by atoms with van der Waals surface area (Å²) in [5.74, 6) is 3.02. The molecule has 2 aliphatic rings. The Kier molecular flexibility index (Phi) is 11.2. The SMILES string of the molecule is CCC[C]1[CH][CH][C]([Si](C)(C)[C]2[CH][CH][C](CCC)[CH]2)[CH]1.[Cl][Zr][Cl]. The van der Waals surface area contributed by atoms with E-state index >= 15 is 0 Å². The molecular formula is C18H26Cl2SiZr. The van der Waals surface area contributed by atoms with Crippen molar-refractivity contribution in [1.82, 2.24) is 0 Å². The molecule has 0 aliphatic heterocycles. The van der Waals surface area contributed by atoms with Gasteiger partial charge in [-0.25, -0.2) is 0 Å². The molecular weight excluding hydrogens is 406 g/mol. The standard InChI is InChI=1S/C18H26Si.2ClH.Zr/c1-5-7-15-9-11-17(13-15)19(3,4)18-12-10-16(14-18)8-6-2;;;/h9-14H,5-8H2,1-4H3;2*1H;/q;;;+2/p-2. The van der Waals surface area contributed by atoms with Crippen LogP contribution in [0.4, 0.5) is 0 Å². The van der Waals surface area contributed by atoms with Crippen molar-refractivity contribution >= 4 is 25.1 Å². The van der Waals surface area contributed by atoms with Crippen LogP contribution in [-0.4, -0.2) is 8.07 Å². The average molecular weight is 433 g/mol. The van der Waals surface area contributed by atoms with Crippen molar-refractivity contribution in [3.05, 3.63) is 61.4 Å². The van der Waals surface area contributed by atoms with Crippen LogP contribution >= 0.6 is 17.0 Å². The van der Waals surface area contributed by atoms with E-state index in [1.807, 2.05) is 0 Å². The summed E-state index contributed by atoms with van der Waals surface area (Å²) in [6.45, 7) is 9.46. The van der Waals surface area contributed by atoms with E-state index in [0.29, 0.717) is 0 Å². The second-order valence-corrected chi connectivity index (χ2v) is 14.3. The number of rotatable bonds is 6. The van der Waals surface area contributed by atoms with Crippen molar-refractivity contribution in [2.24, 2.45) is 0 Å². The Labute approximate surface area is 159 Å². The fourth-order valence-corrected chi connectivity index (χ4v) is 5.24. The van der Waals surface area contributed by atoms with Crippen molar-refractivity contribution in [3.8, 4) is 0 Å². The summed E-state index contributed by atoms with van der Waals surface area (Å²) < 4.78 is 0. The molecule has 0 nitrogen and oxygen atoms in total. The van der Waals surface area contributed by atoms with Gasteiger partial charge in [-0.2, -0.15) is 0 Å². The average Bonchev–Trinajstić information content (AvgIpc) is 3.10. The van der Waals surface area contributed by atoms with E-state index in [-0.39, 0.29) is 0 Å². The van der Waals surface area contributed by atoms with Gasteiger partial charge in [0.15, 0.2) is 0 Å². The van der Waals surface area contributed by atoms with Crippen LogP contribution in [0.15, 0.2) is 0 Å². The minimum atomic E-state index is -1.47. The normalized spacial score (nSPS) is 21.9. The van der Waals surface area contributed by atoms with E-state index < -0.39 is 28.9 Å². The van der Waals surface area contributed by atoms with Crippen LogP contribution in [0.5, 0.6) is 0 Å². The van der Waals surface area contributed by atoms with Gasteiger partial charge in [0.05, 0.1) is 8.07 Å². The van der Waals surface area contributed by atoms with Gasteiger partial charge in [-0.05, 0) is 74.3 Å². The van der Waals surface area contributed by atoms with Gasteiger partial charge < -0.3 is 0 Å². The van der Waals surface area contributed by atoms with E-state index in [1.165, 1.54) is 37.5 Å². The quantitative estimate of drug-likeness (QED) is 0.432. The van der Waals surface area contributed by atoms with Crippen LogP contribution in [0, 0.1) is 61.4 Å². The predicted octanol–water partition coefficient (Wildman–Crippen LogP) is 6.30. The first kappa shape index (κ1) is 21.7. The zero-order valence-corrected chi connectivity index (χ0v) is 19.0. The van der Waals surface area contributed by atoms with Crippen molar-refractivity contribution in [2.75, 3.05) is 0 Å². The molecule has 2 saturated carbocycles. The molecule has 10 radical (unpaired) electrons. The predicted molar refractivity (Wildman–Crippen MR) is 97.8 cm³/mol. The van der Waals surface area contributed by atoms with Gasteiger partial charge in [0, 0.05) is 0 Å². The van der Waals surface area contributed by atoms with E-state index in [1.54, 1.807) is 11.1 Å². The summed E-state index contributed by atoms with van der Waals surface area (Å²) in [6.07, 6.45) is 19.2. The first-order valence-corrected chi connectivity index (χ1v) is 17.3. The van der Waals surface area contributed by atoms with Gasteiger partial charge >= 0.3 is 37.9 Å². The topological polar surface area (TPSA) is 0 Å². The molecule has 2 aliphatic carbocycles.